The van der Waals surface area contributed by atoms with Gasteiger partial charge in [0.15, 0.2) is 0 Å². The van der Waals surface area contributed by atoms with Crippen LogP contribution in [0.3, 0.4) is 0 Å². The highest BCUT2D eigenvalue weighted by atomic mass is 16.3. The van der Waals surface area contributed by atoms with E-state index < -0.39 is 12.1 Å². The molecule has 3 rings (SSSR count). The lowest BCUT2D eigenvalue weighted by molar-refractivity contribution is -0.126. The summed E-state index contributed by atoms with van der Waals surface area (Å²) in [7, 11) is 1.81. The van der Waals surface area contributed by atoms with Crippen LogP contribution in [0, 0.1) is 11.8 Å². The fourth-order valence-electron chi connectivity index (χ4n) is 3.91. The maximum Gasteiger partial charge on any atom is 0.238 e. The van der Waals surface area contributed by atoms with E-state index in [0.29, 0.717) is 25.4 Å². The highest BCUT2D eigenvalue weighted by Gasteiger charge is 2.34. The maximum atomic E-state index is 12.6. The van der Waals surface area contributed by atoms with Crippen LogP contribution in [-0.2, 0) is 16.1 Å². The molecule has 2 heterocycles. The molecule has 1 aliphatic rings. The number of likely N-dealkylation sites (tertiary alicyclic amines) is 1. The molecule has 1 saturated heterocycles. The summed E-state index contributed by atoms with van der Waals surface area (Å²) in [5, 5.41) is 26.8. The highest BCUT2D eigenvalue weighted by Crippen LogP contribution is 2.24. The number of carbonyl (C=O) groups excluding carboxylic acids is 2. The van der Waals surface area contributed by atoms with E-state index in [1.807, 2.05) is 95.4 Å². The predicted octanol–water partition coefficient (Wildman–Crippen LogP) is 3.01. The number of benzene rings is 1. The smallest absolute Gasteiger partial charge is 0.238 e. The van der Waals surface area contributed by atoms with Crippen molar-refractivity contribution in [3.63, 3.8) is 0 Å². The Kier molecular flexibility index (Phi) is 13.8. The fourth-order valence-corrected chi connectivity index (χ4v) is 3.91. The number of aliphatic hydroxyl groups excluding tert-OH is 2. The molecule has 0 radical (unpaired) electrons. The number of nitrogens with two attached hydrogens (primary N) is 1. The maximum absolute atomic E-state index is 12.6. The van der Waals surface area contributed by atoms with Gasteiger partial charge in [-0.05, 0) is 50.4 Å². The molecular formula is C29H49N5O4. The van der Waals surface area contributed by atoms with Crippen molar-refractivity contribution in [2.45, 2.75) is 85.2 Å². The zero-order valence-electron chi connectivity index (χ0n) is 24.4. The molecule has 9 heteroatoms. The van der Waals surface area contributed by atoms with Crippen molar-refractivity contribution in [1.82, 2.24) is 20.0 Å². The molecule has 0 saturated carbocycles. The number of nitrogens with one attached hydrogen (secondary N) is 1. The number of nitrogens with zero attached hydrogens (tertiary/aromatic N) is 3. The van der Waals surface area contributed by atoms with Gasteiger partial charge in [0.05, 0.1) is 37.0 Å². The van der Waals surface area contributed by atoms with Crippen molar-refractivity contribution in [3.8, 4) is 11.3 Å². The summed E-state index contributed by atoms with van der Waals surface area (Å²) in [6.45, 7) is 14.8. The SMILES string of the molecule is CC.CC(C)C(C)C=O.CN1CC(O)CC1C(=O)NC(CO)c1ccc(-c2ccnn2CC(C)(C)N)cc1. The number of aldehydes is 1. The van der Waals surface area contributed by atoms with Crippen LogP contribution in [0.25, 0.3) is 11.3 Å². The zero-order chi connectivity index (χ0) is 29.0. The first-order chi connectivity index (χ1) is 17.9. The second-order valence-electron chi connectivity index (χ2n) is 10.8. The van der Waals surface area contributed by atoms with E-state index in [-0.39, 0.29) is 30.0 Å². The third kappa shape index (κ3) is 10.3. The molecule has 0 spiro atoms. The molecule has 1 amide bonds. The largest absolute Gasteiger partial charge is 0.394 e. The molecule has 1 aromatic carbocycles. The van der Waals surface area contributed by atoms with Crippen LogP contribution in [0.4, 0.5) is 0 Å². The topological polar surface area (TPSA) is 134 Å². The van der Waals surface area contributed by atoms with Gasteiger partial charge >= 0.3 is 0 Å². The summed E-state index contributed by atoms with van der Waals surface area (Å²) < 4.78 is 1.88. The first-order valence-corrected chi connectivity index (χ1v) is 13.5. The van der Waals surface area contributed by atoms with E-state index in [1.165, 1.54) is 0 Å². The van der Waals surface area contributed by atoms with Gasteiger partial charge in [0.25, 0.3) is 0 Å². The monoisotopic (exact) mass is 531 g/mol. The van der Waals surface area contributed by atoms with Crippen molar-refractivity contribution < 1.29 is 19.8 Å². The number of carbonyl (C=O) groups is 2. The van der Waals surface area contributed by atoms with E-state index in [9.17, 15) is 19.8 Å². The predicted molar refractivity (Wildman–Crippen MR) is 152 cm³/mol. The van der Waals surface area contributed by atoms with E-state index in [1.54, 1.807) is 6.20 Å². The molecule has 5 N–H and O–H groups in total. The van der Waals surface area contributed by atoms with Gasteiger partial charge in [0, 0.05) is 24.2 Å². The van der Waals surface area contributed by atoms with Crippen LogP contribution < -0.4 is 11.1 Å². The first-order valence-electron chi connectivity index (χ1n) is 13.5. The van der Waals surface area contributed by atoms with Gasteiger partial charge in [0.2, 0.25) is 5.91 Å². The molecule has 2 aromatic rings. The summed E-state index contributed by atoms with van der Waals surface area (Å²) in [4.78, 5) is 24.4. The summed E-state index contributed by atoms with van der Waals surface area (Å²) in [6, 6.07) is 8.75. The Hall–Kier alpha value is -2.59. The van der Waals surface area contributed by atoms with Gasteiger partial charge in [0.1, 0.15) is 6.29 Å². The molecule has 38 heavy (non-hydrogen) atoms. The lowest BCUT2D eigenvalue weighted by Gasteiger charge is -2.23. The third-order valence-corrected chi connectivity index (χ3v) is 6.48. The minimum absolute atomic E-state index is 0.185. The van der Waals surface area contributed by atoms with E-state index >= 15 is 0 Å². The van der Waals surface area contributed by atoms with Crippen LogP contribution in [-0.4, -0.2) is 75.0 Å². The second-order valence-corrected chi connectivity index (χ2v) is 10.8. The van der Waals surface area contributed by atoms with Crippen molar-refractivity contribution in [2.24, 2.45) is 17.6 Å². The molecule has 1 fully saturated rings. The lowest BCUT2D eigenvalue weighted by atomic mass is 10.0. The van der Waals surface area contributed by atoms with Crippen LogP contribution >= 0.6 is 0 Å². The van der Waals surface area contributed by atoms with Gasteiger partial charge in [-0.25, -0.2) is 0 Å². The Balaban J connectivity index is 0.000000696. The molecule has 0 bridgehead atoms. The van der Waals surface area contributed by atoms with Gasteiger partial charge < -0.3 is 26.1 Å². The fraction of sp³-hybridized carbons (Fsp3) is 0.621. The average Bonchev–Trinajstić information content (AvgIpc) is 3.47. The summed E-state index contributed by atoms with van der Waals surface area (Å²) in [5.41, 5.74) is 8.50. The number of aliphatic hydroxyl groups is 2. The molecule has 4 atom stereocenters. The Morgan fingerprint density at radius 3 is 2.24 bits per heavy atom. The number of amides is 1. The van der Waals surface area contributed by atoms with Gasteiger partial charge in [-0.3, -0.25) is 14.4 Å². The molecule has 0 aliphatic carbocycles. The Bertz CT molecular complexity index is 968. The van der Waals surface area contributed by atoms with Gasteiger partial charge in [-0.2, -0.15) is 5.10 Å². The third-order valence-electron chi connectivity index (χ3n) is 6.48. The number of rotatable bonds is 9. The van der Waals surface area contributed by atoms with Crippen molar-refractivity contribution in [1.29, 1.82) is 0 Å². The van der Waals surface area contributed by atoms with Crippen molar-refractivity contribution in [3.05, 3.63) is 42.1 Å². The number of hydrogen-bond acceptors (Lipinski definition) is 7. The Labute approximate surface area is 228 Å². The molecule has 214 valence electrons. The first kappa shape index (κ1) is 33.4. The molecule has 9 nitrogen and oxygen atoms in total. The zero-order valence-corrected chi connectivity index (χ0v) is 24.4. The molecule has 1 aliphatic heterocycles. The highest BCUT2D eigenvalue weighted by molar-refractivity contribution is 5.82. The van der Waals surface area contributed by atoms with Crippen LogP contribution in [0.2, 0.25) is 0 Å². The number of β-amino-alcohol motifs (C(OH)–C–C–N with tert-alkyl or cyclic N) is 1. The Morgan fingerprint density at radius 1 is 1.21 bits per heavy atom. The van der Waals surface area contributed by atoms with E-state index in [2.05, 4.69) is 10.4 Å². The van der Waals surface area contributed by atoms with Gasteiger partial charge in [-0.1, -0.05) is 58.9 Å². The number of aromatic nitrogens is 2. The second kappa shape index (κ2) is 15.7. The number of hydrogen-bond donors (Lipinski definition) is 4. The van der Waals surface area contributed by atoms with Gasteiger partial charge in [-0.15, -0.1) is 0 Å². The van der Waals surface area contributed by atoms with Crippen molar-refractivity contribution in [2.75, 3.05) is 20.2 Å². The minimum atomic E-state index is -0.504. The van der Waals surface area contributed by atoms with Crippen LogP contribution in [0.1, 0.15) is 66.5 Å². The minimum Gasteiger partial charge on any atom is -0.394 e. The quantitative estimate of drug-likeness (QED) is 0.366. The summed E-state index contributed by atoms with van der Waals surface area (Å²) in [6.07, 6.45) is 2.65. The molecule has 4 unspecified atom stereocenters. The molecule has 1 aromatic heterocycles. The van der Waals surface area contributed by atoms with Crippen LogP contribution in [0.5, 0.6) is 0 Å². The van der Waals surface area contributed by atoms with E-state index in [4.69, 9.17) is 5.73 Å². The summed E-state index contributed by atoms with van der Waals surface area (Å²) >= 11 is 0. The standard InChI is InChI=1S/C21H31N5O3.C6H12O.C2H6/c1-21(2,22)13-26-18(8-9-23-26)15-6-4-14(5-7-15)17(12-27)24-20(29)19-10-16(28)11-25(19)3;1-5(2)6(3)4-7;1-2/h4-9,16-17,19,27-28H,10-13,22H2,1-3H3,(H,24,29);4-6H,1-3H3;1-2H3. The summed E-state index contributed by atoms with van der Waals surface area (Å²) in [5.74, 6) is 0.535. The average molecular weight is 532 g/mol. The normalized spacial score (nSPS) is 19.1. The molecular weight excluding hydrogens is 482 g/mol. The Morgan fingerprint density at radius 2 is 1.82 bits per heavy atom. The van der Waals surface area contributed by atoms with Crippen molar-refractivity contribution >= 4 is 12.2 Å². The lowest BCUT2D eigenvalue weighted by Crippen LogP contribution is -2.43. The number of likely N-dealkylation sites (N-methyl/N-ethyl adjacent to an activating group) is 1. The van der Waals surface area contributed by atoms with E-state index in [0.717, 1.165) is 23.1 Å². The van der Waals surface area contributed by atoms with Crippen LogP contribution in [0.15, 0.2) is 36.5 Å².